The molecule has 0 aromatic carbocycles. The Hall–Kier alpha value is -0.120. The molecule has 0 spiro atoms. The predicted molar refractivity (Wildman–Crippen MR) is 68.8 cm³/mol. The van der Waals surface area contributed by atoms with Gasteiger partial charge in [0.05, 0.1) is 6.61 Å². The minimum atomic E-state index is 0.501. The van der Waals surface area contributed by atoms with Crippen LogP contribution in [-0.2, 0) is 4.74 Å². The summed E-state index contributed by atoms with van der Waals surface area (Å²) in [6, 6.07) is 0.501. The second-order valence-electron chi connectivity index (χ2n) is 4.93. The minimum Gasteiger partial charge on any atom is -0.383 e. The van der Waals surface area contributed by atoms with Crippen molar-refractivity contribution < 1.29 is 4.74 Å². The van der Waals surface area contributed by atoms with Gasteiger partial charge in [-0.25, -0.2) is 0 Å². The maximum atomic E-state index is 5.28. The molecule has 1 rings (SSSR count). The molecule has 0 aliphatic carbocycles. The molecule has 0 amide bonds. The van der Waals surface area contributed by atoms with Crippen LogP contribution in [0.15, 0.2) is 0 Å². The Morgan fingerprint density at radius 3 is 2.81 bits per heavy atom. The molecule has 0 saturated carbocycles. The quantitative estimate of drug-likeness (QED) is 0.685. The predicted octanol–water partition coefficient (Wildman–Crippen LogP) is 1.73. The lowest BCUT2D eigenvalue weighted by Gasteiger charge is -2.24. The van der Waals surface area contributed by atoms with Gasteiger partial charge in [0.15, 0.2) is 0 Å². The van der Waals surface area contributed by atoms with Crippen molar-refractivity contribution in [3.8, 4) is 0 Å². The van der Waals surface area contributed by atoms with Crippen LogP contribution in [0.3, 0.4) is 0 Å². The van der Waals surface area contributed by atoms with E-state index >= 15 is 0 Å². The van der Waals surface area contributed by atoms with Gasteiger partial charge in [0.2, 0.25) is 0 Å². The van der Waals surface area contributed by atoms with Gasteiger partial charge in [0.25, 0.3) is 0 Å². The third kappa shape index (κ3) is 4.81. The van der Waals surface area contributed by atoms with E-state index in [0.29, 0.717) is 6.04 Å². The topological polar surface area (TPSA) is 24.5 Å². The average molecular weight is 228 g/mol. The van der Waals surface area contributed by atoms with E-state index in [2.05, 4.69) is 24.1 Å². The summed E-state index contributed by atoms with van der Waals surface area (Å²) >= 11 is 0. The van der Waals surface area contributed by atoms with Gasteiger partial charge in [-0.05, 0) is 31.8 Å². The van der Waals surface area contributed by atoms with E-state index in [1.165, 1.54) is 32.4 Å². The molecule has 1 N–H and O–H groups in total. The van der Waals surface area contributed by atoms with E-state index in [1.807, 2.05) is 0 Å². The SMILES string of the molecule is CCCNC(COC)CN1CCC(CC)C1. The van der Waals surface area contributed by atoms with Crippen molar-refractivity contribution in [3.05, 3.63) is 0 Å². The summed E-state index contributed by atoms with van der Waals surface area (Å²) < 4.78 is 5.28. The van der Waals surface area contributed by atoms with Crippen molar-refractivity contribution in [3.63, 3.8) is 0 Å². The van der Waals surface area contributed by atoms with E-state index in [4.69, 9.17) is 4.74 Å². The highest BCUT2D eigenvalue weighted by Crippen LogP contribution is 2.18. The minimum absolute atomic E-state index is 0.501. The maximum absolute atomic E-state index is 5.28. The van der Waals surface area contributed by atoms with Crippen LogP contribution in [0.5, 0.6) is 0 Å². The summed E-state index contributed by atoms with van der Waals surface area (Å²) in [6.07, 6.45) is 3.90. The van der Waals surface area contributed by atoms with E-state index in [0.717, 1.165) is 25.6 Å². The van der Waals surface area contributed by atoms with Gasteiger partial charge < -0.3 is 15.0 Å². The molecule has 16 heavy (non-hydrogen) atoms. The number of nitrogens with one attached hydrogen (secondary N) is 1. The van der Waals surface area contributed by atoms with Crippen LogP contribution in [0.1, 0.15) is 33.1 Å². The molecular formula is C13H28N2O. The fraction of sp³-hybridized carbons (Fsp3) is 1.00. The number of hydrogen-bond donors (Lipinski definition) is 1. The molecule has 0 aromatic rings. The Labute approximate surface area is 101 Å². The molecule has 2 atom stereocenters. The standard InChI is InChI=1S/C13H28N2O/c1-4-7-14-13(11-16-3)10-15-8-6-12(5-2)9-15/h12-14H,4-11H2,1-3H3. The van der Waals surface area contributed by atoms with Gasteiger partial charge in [-0.15, -0.1) is 0 Å². The van der Waals surface area contributed by atoms with Crippen LogP contribution >= 0.6 is 0 Å². The van der Waals surface area contributed by atoms with Crippen molar-refractivity contribution in [1.82, 2.24) is 10.2 Å². The summed E-state index contributed by atoms with van der Waals surface area (Å²) in [4.78, 5) is 2.58. The lowest BCUT2D eigenvalue weighted by atomic mass is 10.1. The van der Waals surface area contributed by atoms with Gasteiger partial charge in [-0.3, -0.25) is 0 Å². The molecule has 2 unspecified atom stereocenters. The van der Waals surface area contributed by atoms with Crippen LogP contribution in [0.2, 0.25) is 0 Å². The van der Waals surface area contributed by atoms with Crippen LogP contribution in [-0.4, -0.2) is 50.8 Å². The average Bonchev–Trinajstić information content (AvgIpc) is 2.74. The summed E-state index contributed by atoms with van der Waals surface area (Å²) in [5.74, 6) is 0.925. The fourth-order valence-corrected chi connectivity index (χ4v) is 2.45. The molecule has 96 valence electrons. The molecule has 0 bridgehead atoms. The van der Waals surface area contributed by atoms with Crippen molar-refractivity contribution in [2.24, 2.45) is 5.92 Å². The van der Waals surface area contributed by atoms with Gasteiger partial charge >= 0.3 is 0 Å². The molecule has 3 heteroatoms. The number of methoxy groups -OCH3 is 1. The summed E-state index contributed by atoms with van der Waals surface area (Å²) in [5, 5.41) is 3.56. The first-order chi connectivity index (χ1) is 7.80. The Balaban J connectivity index is 2.25. The third-order valence-electron chi connectivity index (χ3n) is 3.48. The van der Waals surface area contributed by atoms with Crippen molar-refractivity contribution >= 4 is 0 Å². The molecule has 0 aromatic heterocycles. The normalized spacial score (nSPS) is 23.8. The summed E-state index contributed by atoms with van der Waals surface area (Å²) in [5.41, 5.74) is 0. The number of nitrogens with zero attached hydrogens (tertiary/aromatic N) is 1. The third-order valence-corrected chi connectivity index (χ3v) is 3.48. The van der Waals surface area contributed by atoms with E-state index < -0.39 is 0 Å². The zero-order valence-corrected chi connectivity index (χ0v) is 11.2. The lowest BCUT2D eigenvalue weighted by molar-refractivity contribution is 0.144. The number of ether oxygens (including phenoxy) is 1. The highest BCUT2D eigenvalue weighted by Gasteiger charge is 2.23. The zero-order valence-electron chi connectivity index (χ0n) is 11.2. The van der Waals surface area contributed by atoms with E-state index in [-0.39, 0.29) is 0 Å². The van der Waals surface area contributed by atoms with E-state index in [9.17, 15) is 0 Å². The van der Waals surface area contributed by atoms with Crippen molar-refractivity contribution in [2.45, 2.75) is 39.2 Å². The monoisotopic (exact) mass is 228 g/mol. The maximum Gasteiger partial charge on any atom is 0.0628 e. The Bertz CT molecular complexity index is 175. The first-order valence-electron chi connectivity index (χ1n) is 6.74. The molecular weight excluding hydrogens is 200 g/mol. The zero-order chi connectivity index (χ0) is 11.8. The van der Waals surface area contributed by atoms with Crippen LogP contribution in [0.25, 0.3) is 0 Å². The summed E-state index contributed by atoms with van der Waals surface area (Å²) in [7, 11) is 1.79. The smallest absolute Gasteiger partial charge is 0.0628 e. The van der Waals surface area contributed by atoms with Crippen molar-refractivity contribution in [2.75, 3.05) is 39.9 Å². The molecule has 1 saturated heterocycles. The van der Waals surface area contributed by atoms with Gasteiger partial charge in [0.1, 0.15) is 0 Å². The Morgan fingerprint density at radius 1 is 1.44 bits per heavy atom. The second kappa shape index (κ2) is 8.04. The number of rotatable bonds is 8. The Kier molecular flexibility index (Phi) is 7.01. The van der Waals surface area contributed by atoms with Crippen LogP contribution < -0.4 is 5.32 Å². The van der Waals surface area contributed by atoms with Gasteiger partial charge in [-0.1, -0.05) is 20.3 Å². The van der Waals surface area contributed by atoms with Crippen molar-refractivity contribution in [1.29, 1.82) is 0 Å². The van der Waals surface area contributed by atoms with Gasteiger partial charge in [-0.2, -0.15) is 0 Å². The first kappa shape index (κ1) is 13.9. The fourth-order valence-electron chi connectivity index (χ4n) is 2.45. The van der Waals surface area contributed by atoms with E-state index in [1.54, 1.807) is 7.11 Å². The largest absolute Gasteiger partial charge is 0.383 e. The summed E-state index contributed by atoms with van der Waals surface area (Å²) in [6.45, 7) is 10.1. The number of likely N-dealkylation sites (tertiary alicyclic amines) is 1. The highest BCUT2D eigenvalue weighted by atomic mass is 16.5. The lowest BCUT2D eigenvalue weighted by Crippen LogP contribution is -2.43. The molecule has 0 radical (unpaired) electrons. The molecule has 1 aliphatic heterocycles. The van der Waals surface area contributed by atoms with Crippen LogP contribution in [0.4, 0.5) is 0 Å². The molecule has 3 nitrogen and oxygen atoms in total. The number of hydrogen-bond acceptors (Lipinski definition) is 3. The molecule has 1 heterocycles. The second-order valence-corrected chi connectivity index (χ2v) is 4.93. The Morgan fingerprint density at radius 2 is 2.25 bits per heavy atom. The first-order valence-corrected chi connectivity index (χ1v) is 6.74. The molecule has 1 aliphatic rings. The van der Waals surface area contributed by atoms with Gasteiger partial charge in [0, 0.05) is 26.2 Å². The molecule has 1 fully saturated rings. The van der Waals surface area contributed by atoms with Crippen LogP contribution in [0, 0.1) is 5.92 Å². The highest BCUT2D eigenvalue weighted by molar-refractivity contribution is 4.79.